The lowest BCUT2D eigenvalue weighted by molar-refractivity contribution is 0.873. The summed E-state index contributed by atoms with van der Waals surface area (Å²) in [6.45, 7) is 0. The standard InChI is InChI=1S/C3H5BN5/c1(2-6-7-2)4-5-3-8-9-3/h2-3,5H,1H2. The zero-order chi connectivity index (χ0) is 6.10. The summed E-state index contributed by atoms with van der Waals surface area (Å²) < 4.78 is 0. The minimum absolute atomic E-state index is 0.0312. The van der Waals surface area contributed by atoms with E-state index in [4.69, 9.17) is 0 Å². The SMILES string of the molecule is [B](CC1N=N1)NC1N=N1. The first kappa shape index (κ1) is 5.05. The minimum atomic E-state index is 0.0312. The van der Waals surface area contributed by atoms with Gasteiger partial charge in [-0.25, -0.2) is 0 Å². The lowest BCUT2D eigenvalue weighted by Crippen LogP contribution is -2.23. The Bertz CT molecular complexity index is 136. The molecule has 0 aromatic heterocycles. The van der Waals surface area contributed by atoms with Crippen LogP contribution in [0.2, 0.25) is 6.32 Å². The molecule has 1 N–H and O–H groups in total. The van der Waals surface area contributed by atoms with Crippen molar-refractivity contribution in [3.8, 4) is 0 Å². The van der Waals surface area contributed by atoms with E-state index in [0.29, 0.717) is 0 Å². The van der Waals surface area contributed by atoms with Crippen LogP contribution in [-0.4, -0.2) is 19.9 Å². The van der Waals surface area contributed by atoms with Crippen molar-refractivity contribution in [3.63, 3.8) is 0 Å². The monoisotopic (exact) mass is 122 g/mol. The second kappa shape index (κ2) is 1.87. The number of nitrogens with zero attached hydrogens (tertiary/aromatic N) is 4. The summed E-state index contributed by atoms with van der Waals surface area (Å²) in [5, 5.41) is 17.7. The molecule has 0 fully saturated rings. The number of nitrogens with one attached hydrogen (secondary N) is 1. The average Bonchev–Trinajstić information content (AvgIpc) is 2.57. The largest absolute Gasteiger partial charge is 0.319 e. The Hall–Kier alpha value is -0.775. The van der Waals surface area contributed by atoms with Gasteiger partial charge in [0.1, 0.15) is 0 Å². The maximum atomic E-state index is 3.71. The molecule has 0 atom stereocenters. The highest BCUT2D eigenvalue weighted by Gasteiger charge is 2.19. The van der Waals surface area contributed by atoms with E-state index in [9.17, 15) is 0 Å². The first-order chi connectivity index (χ1) is 4.45. The molecule has 0 bridgehead atoms. The summed E-state index contributed by atoms with van der Waals surface area (Å²) >= 11 is 0. The van der Waals surface area contributed by atoms with Crippen molar-refractivity contribution in [3.05, 3.63) is 0 Å². The van der Waals surface area contributed by atoms with Crippen molar-refractivity contribution in [2.75, 3.05) is 0 Å². The molecule has 0 spiro atoms. The summed E-state index contributed by atoms with van der Waals surface area (Å²) in [5.74, 6) is 0. The van der Waals surface area contributed by atoms with Gasteiger partial charge >= 0.3 is 0 Å². The molecule has 0 aromatic carbocycles. The van der Waals surface area contributed by atoms with Crippen molar-refractivity contribution in [2.24, 2.45) is 20.5 Å². The van der Waals surface area contributed by atoms with E-state index in [2.05, 4.69) is 25.7 Å². The third kappa shape index (κ3) is 1.57. The Balaban J connectivity index is 1.47. The Morgan fingerprint density at radius 3 is 2.56 bits per heavy atom. The predicted molar refractivity (Wildman–Crippen MR) is 31.0 cm³/mol. The number of hydrogen-bond acceptors (Lipinski definition) is 5. The van der Waals surface area contributed by atoms with Gasteiger partial charge in [-0.2, -0.15) is 10.2 Å². The molecule has 0 unspecified atom stereocenters. The van der Waals surface area contributed by atoms with Gasteiger partial charge in [-0.1, -0.05) is 0 Å². The molecule has 0 aromatic rings. The Morgan fingerprint density at radius 1 is 1.22 bits per heavy atom. The first-order valence-electron chi connectivity index (χ1n) is 2.83. The highest BCUT2D eigenvalue weighted by molar-refractivity contribution is 6.32. The molecule has 1 radical (unpaired) electrons. The van der Waals surface area contributed by atoms with Crippen LogP contribution in [0.4, 0.5) is 0 Å². The number of rotatable bonds is 4. The zero-order valence-corrected chi connectivity index (χ0v) is 4.73. The quantitative estimate of drug-likeness (QED) is 0.530. The van der Waals surface area contributed by atoms with Gasteiger partial charge < -0.3 is 5.23 Å². The molecular formula is C3H5BN5. The van der Waals surface area contributed by atoms with Gasteiger partial charge in [0, 0.05) is 0 Å². The van der Waals surface area contributed by atoms with E-state index < -0.39 is 0 Å². The molecule has 5 nitrogen and oxygen atoms in total. The van der Waals surface area contributed by atoms with Gasteiger partial charge in [-0.05, 0) is 6.32 Å². The van der Waals surface area contributed by atoms with Crippen LogP contribution in [0.15, 0.2) is 20.5 Å². The van der Waals surface area contributed by atoms with E-state index >= 15 is 0 Å². The predicted octanol–water partition coefficient (Wildman–Crippen LogP) is 0.155. The minimum Gasteiger partial charge on any atom is -0.319 e. The van der Waals surface area contributed by atoms with E-state index in [1.165, 1.54) is 0 Å². The van der Waals surface area contributed by atoms with Crippen molar-refractivity contribution < 1.29 is 0 Å². The van der Waals surface area contributed by atoms with Gasteiger partial charge in [-0.15, -0.1) is 10.2 Å². The fourth-order valence-electron chi connectivity index (χ4n) is 0.520. The zero-order valence-electron chi connectivity index (χ0n) is 4.73. The maximum absolute atomic E-state index is 3.71. The highest BCUT2D eigenvalue weighted by atomic mass is 15.5. The van der Waals surface area contributed by atoms with Crippen molar-refractivity contribution in [2.45, 2.75) is 18.8 Å². The van der Waals surface area contributed by atoms with Gasteiger partial charge in [0.25, 0.3) is 0 Å². The second-order valence-corrected chi connectivity index (χ2v) is 1.92. The first-order valence-corrected chi connectivity index (χ1v) is 2.83. The van der Waals surface area contributed by atoms with Crippen LogP contribution in [0.3, 0.4) is 0 Å². The molecule has 45 valence electrons. The smallest absolute Gasteiger partial charge is 0.223 e. The fourth-order valence-corrected chi connectivity index (χ4v) is 0.520. The summed E-state index contributed by atoms with van der Waals surface area (Å²) in [4.78, 5) is 0. The van der Waals surface area contributed by atoms with Gasteiger partial charge in [0.2, 0.25) is 13.7 Å². The Labute approximate surface area is 52.9 Å². The third-order valence-corrected chi connectivity index (χ3v) is 1.11. The van der Waals surface area contributed by atoms with E-state index in [-0.39, 0.29) is 12.5 Å². The molecular weight excluding hydrogens is 117 g/mol. The molecule has 0 saturated carbocycles. The van der Waals surface area contributed by atoms with Gasteiger partial charge in [-0.3, -0.25) is 0 Å². The Morgan fingerprint density at radius 2 is 2.00 bits per heavy atom. The van der Waals surface area contributed by atoms with Crippen molar-refractivity contribution in [1.29, 1.82) is 0 Å². The normalized spacial score (nSPS) is 22.7. The molecule has 0 amide bonds. The molecule has 2 heterocycles. The van der Waals surface area contributed by atoms with Gasteiger partial charge in [0.15, 0.2) is 6.17 Å². The number of hydrogen-bond donors (Lipinski definition) is 1. The second-order valence-electron chi connectivity index (χ2n) is 1.92. The van der Waals surface area contributed by atoms with E-state index in [1.807, 2.05) is 7.41 Å². The third-order valence-electron chi connectivity index (χ3n) is 1.11. The van der Waals surface area contributed by atoms with E-state index in [1.54, 1.807) is 0 Å². The van der Waals surface area contributed by atoms with Gasteiger partial charge in [0.05, 0.1) is 0 Å². The summed E-state index contributed by atoms with van der Waals surface area (Å²) in [6, 6.07) is 0. The summed E-state index contributed by atoms with van der Waals surface area (Å²) in [6.07, 6.45) is 1.11. The average molecular weight is 122 g/mol. The van der Waals surface area contributed by atoms with Crippen LogP contribution in [0, 0.1) is 0 Å². The molecule has 2 aliphatic rings. The van der Waals surface area contributed by atoms with Crippen LogP contribution < -0.4 is 5.23 Å². The van der Waals surface area contributed by atoms with Crippen LogP contribution >= 0.6 is 0 Å². The Kier molecular flexibility index (Phi) is 1.05. The van der Waals surface area contributed by atoms with Crippen molar-refractivity contribution >= 4 is 7.41 Å². The van der Waals surface area contributed by atoms with Crippen LogP contribution in [-0.2, 0) is 0 Å². The molecule has 0 saturated heterocycles. The molecule has 6 heteroatoms. The lowest BCUT2D eigenvalue weighted by Gasteiger charge is -1.90. The molecule has 2 rings (SSSR count). The van der Waals surface area contributed by atoms with Crippen LogP contribution in [0.5, 0.6) is 0 Å². The maximum Gasteiger partial charge on any atom is 0.223 e. The topological polar surface area (TPSA) is 61.5 Å². The lowest BCUT2D eigenvalue weighted by atomic mass is 9.88. The summed E-state index contributed by atoms with van der Waals surface area (Å²) in [5.41, 5.74) is 0. The van der Waals surface area contributed by atoms with Crippen LogP contribution in [0.1, 0.15) is 0 Å². The molecule has 2 aliphatic heterocycles. The summed E-state index contributed by atoms with van der Waals surface area (Å²) in [7, 11) is 1.90. The van der Waals surface area contributed by atoms with Crippen molar-refractivity contribution in [1.82, 2.24) is 5.23 Å². The highest BCUT2D eigenvalue weighted by Crippen LogP contribution is 2.14. The fraction of sp³-hybridized carbons (Fsp3) is 1.00. The van der Waals surface area contributed by atoms with E-state index in [0.717, 1.165) is 6.32 Å². The molecule has 9 heavy (non-hydrogen) atoms. The molecule has 0 aliphatic carbocycles. The van der Waals surface area contributed by atoms with Crippen LogP contribution in [0.25, 0.3) is 0 Å².